The fraction of sp³-hybridized carbons (Fsp3) is 0.444. The Balaban J connectivity index is 1.47. The van der Waals surface area contributed by atoms with E-state index in [2.05, 4.69) is 20.7 Å². The number of methoxy groups -OCH3 is 1. The molecule has 10 nitrogen and oxygen atoms in total. The summed E-state index contributed by atoms with van der Waals surface area (Å²) in [6, 6.07) is 5.66. The summed E-state index contributed by atoms with van der Waals surface area (Å²) in [6.45, 7) is 1.35. The quantitative estimate of drug-likeness (QED) is 0.356. The predicted octanol–water partition coefficient (Wildman–Crippen LogP) is 3.42. The number of fused-ring (bicyclic) bond motifs is 2. The van der Waals surface area contributed by atoms with Crippen LogP contribution in [0.3, 0.4) is 0 Å². The van der Waals surface area contributed by atoms with Gasteiger partial charge in [-0.2, -0.15) is 0 Å². The van der Waals surface area contributed by atoms with Crippen molar-refractivity contribution in [1.29, 1.82) is 0 Å². The molecule has 222 valence electrons. The molecule has 2 saturated carbocycles. The number of ether oxygens (including phenoxy) is 1. The third-order valence-corrected chi connectivity index (χ3v) is 10.6. The number of nitrogens with one attached hydrogen (secondary N) is 3. The lowest BCUT2D eigenvalue weighted by atomic mass is 9.74. The topological polar surface area (TPSA) is 151 Å². The van der Waals surface area contributed by atoms with Crippen molar-refractivity contribution < 1.29 is 41.4 Å². The van der Waals surface area contributed by atoms with Crippen LogP contribution in [-0.2, 0) is 19.4 Å². The SMILES string of the molecule is COC(=O)N[C@@H](C)C(=O)NCC1(O)C2CCC1CC(S(=O)(=O)c1cc(C(=O)Nc3ccc(F)c(F)c3)ccc1Cl)C2. The average molecular weight is 614 g/mol. The van der Waals surface area contributed by atoms with Gasteiger partial charge in [-0.3, -0.25) is 9.59 Å². The van der Waals surface area contributed by atoms with Crippen molar-refractivity contribution >= 4 is 45.0 Å². The highest BCUT2D eigenvalue weighted by Gasteiger charge is 2.55. The molecular weight excluding hydrogens is 584 g/mol. The first-order valence-electron chi connectivity index (χ1n) is 12.9. The highest BCUT2D eigenvalue weighted by molar-refractivity contribution is 7.92. The number of alkyl carbamates (subject to hydrolysis) is 1. The molecule has 2 aromatic rings. The third kappa shape index (κ3) is 6.31. The van der Waals surface area contributed by atoms with E-state index < -0.39 is 68.1 Å². The number of aliphatic hydroxyl groups is 1. The minimum Gasteiger partial charge on any atom is -0.453 e. The lowest BCUT2D eigenvalue weighted by Crippen LogP contribution is -2.56. The molecular formula is C27H30ClF2N3O7S. The minimum absolute atomic E-state index is 0.0149. The standard InChI is InChI=1S/C27H30ClF2N3O7S/c1-14(32-26(36)40-2)24(34)31-13-27(37)16-4-5-17(27)11-19(10-16)41(38,39)23-9-15(3-7-20(23)28)25(35)33-18-6-8-21(29)22(30)12-18/h3,6-9,12,14,16-17,19,37H,4-5,10-11,13H2,1-2H3,(H,31,34)(H,32,36)(H,33,35)/t14-,16?,17?,19?,27?/m0/s1. The first-order valence-corrected chi connectivity index (χ1v) is 14.8. The number of benzene rings is 2. The van der Waals surface area contributed by atoms with E-state index in [0.29, 0.717) is 12.8 Å². The molecule has 0 aliphatic heterocycles. The Morgan fingerprint density at radius 1 is 1.10 bits per heavy atom. The summed E-state index contributed by atoms with van der Waals surface area (Å²) >= 11 is 6.27. The van der Waals surface area contributed by atoms with Crippen molar-refractivity contribution in [3.8, 4) is 0 Å². The number of rotatable bonds is 8. The van der Waals surface area contributed by atoms with Crippen LogP contribution in [0.2, 0.25) is 5.02 Å². The largest absolute Gasteiger partial charge is 0.453 e. The van der Waals surface area contributed by atoms with E-state index in [0.717, 1.165) is 18.2 Å². The van der Waals surface area contributed by atoms with Crippen LogP contribution in [0, 0.1) is 23.5 Å². The molecule has 3 atom stereocenters. The number of carbonyl (C=O) groups is 3. The van der Waals surface area contributed by atoms with Gasteiger partial charge in [0.25, 0.3) is 5.91 Å². The first kappa shape index (κ1) is 30.7. The number of hydrogen-bond donors (Lipinski definition) is 4. The molecule has 3 amide bonds. The second-order valence-electron chi connectivity index (χ2n) is 10.4. The third-order valence-electron chi connectivity index (χ3n) is 7.95. The number of halogens is 3. The van der Waals surface area contributed by atoms with Crippen LogP contribution < -0.4 is 16.0 Å². The van der Waals surface area contributed by atoms with E-state index in [9.17, 15) is 36.7 Å². The van der Waals surface area contributed by atoms with E-state index in [1.54, 1.807) is 0 Å². The number of sulfone groups is 1. The van der Waals surface area contributed by atoms with Crippen LogP contribution in [0.25, 0.3) is 0 Å². The van der Waals surface area contributed by atoms with Crippen molar-refractivity contribution in [2.24, 2.45) is 11.8 Å². The molecule has 0 spiro atoms. The zero-order chi connectivity index (χ0) is 30.1. The smallest absolute Gasteiger partial charge is 0.407 e. The minimum atomic E-state index is -4.05. The van der Waals surface area contributed by atoms with Crippen molar-refractivity contribution in [3.05, 3.63) is 58.6 Å². The Morgan fingerprint density at radius 3 is 2.37 bits per heavy atom. The van der Waals surface area contributed by atoms with E-state index >= 15 is 0 Å². The van der Waals surface area contributed by atoms with Crippen LogP contribution in [0.1, 0.15) is 43.0 Å². The molecule has 14 heteroatoms. The summed E-state index contributed by atoms with van der Waals surface area (Å²) in [7, 11) is -2.88. The average Bonchev–Trinajstić information content (AvgIpc) is 3.08. The summed E-state index contributed by atoms with van der Waals surface area (Å²) in [6.07, 6.45) is 0.569. The molecule has 0 heterocycles. The summed E-state index contributed by atoms with van der Waals surface area (Å²) in [5.41, 5.74) is -1.40. The molecule has 2 unspecified atom stereocenters. The molecule has 2 aliphatic rings. The highest BCUT2D eigenvalue weighted by Crippen LogP contribution is 2.52. The van der Waals surface area contributed by atoms with Crippen LogP contribution in [0.15, 0.2) is 41.3 Å². The molecule has 2 aliphatic carbocycles. The molecule has 0 saturated heterocycles. The Hall–Kier alpha value is -3.29. The van der Waals surface area contributed by atoms with Crippen LogP contribution in [0.4, 0.5) is 19.3 Å². The summed E-state index contributed by atoms with van der Waals surface area (Å²) in [4.78, 5) is 36.3. The van der Waals surface area contributed by atoms with Gasteiger partial charge in [-0.05, 0) is 74.8 Å². The maximum atomic E-state index is 13.7. The molecule has 0 radical (unpaired) electrons. The Labute approximate surface area is 240 Å². The zero-order valence-corrected chi connectivity index (χ0v) is 23.8. The fourth-order valence-electron chi connectivity index (χ4n) is 5.65. The van der Waals surface area contributed by atoms with Gasteiger partial charge in [-0.25, -0.2) is 22.0 Å². The molecule has 41 heavy (non-hydrogen) atoms. The number of anilines is 1. The Morgan fingerprint density at radius 2 is 1.76 bits per heavy atom. The van der Waals surface area contributed by atoms with Crippen molar-refractivity contribution in [1.82, 2.24) is 10.6 Å². The molecule has 2 aromatic carbocycles. The maximum Gasteiger partial charge on any atom is 0.407 e. The van der Waals surface area contributed by atoms with Crippen molar-refractivity contribution in [3.63, 3.8) is 0 Å². The number of hydrogen-bond acceptors (Lipinski definition) is 7. The van der Waals surface area contributed by atoms with Gasteiger partial charge in [0, 0.05) is 23.9 Å². The van der Waals surface area contributed by atoms with E-state index in [-0.39, 0.29) is 40.6 Å². The van der Waals surface area contributed by atoms with Crippen LogP contribution >= 0.6 is 11.6 Å². The number of amides is 3. The van der Waals surface area contributed by atoms with Gasteiger partial charge in [0.1, 0.15) is 6.04 Å². The molecule has 2 bridgehead atoms. The van der Waals surface area contributed by atoms with Gasteiger partial charge in [0.15, 0.2) is 21.5 Å². The molecule has 4 N–H and O–H groups in total. The van der Waals surface area contributed by atoms with Crippen LogP contribution in [0.5, 0.6) is 0 Å². The van der Waals surface area contributed by atoms with Gasteiger partial charge in [0.05, 0.1) is 27.9 Å². The predicted molar refractivity (Wildman–Crippen MR) is 145 cm³/mol. The van der Waals surface area contributed by atoms with Gasteiger partial charge in [-0.1, -0.05) is 11.6 Å². The van der Waals surface area contributed by atoms with Gasteiger partial charge in [0.2, 0.25) is 5.91 Å². The first-order chi connectivity index (χ1) is 19.3. The Kier molecular flexibility index (Phi) is 8.90. The molecule has 2 fully saturated rings. The van der Waals surface area contributed by atoms with E-state index in [4.69, 9.17) is 11.6 Å². The monoisotopic (exact) mass is 613 g/mol. The summed E-state index contributed by atoms with van der Waals surface area (Å²) < 4.78 is 58.7. The maximum absolute atomic E-state index is 13.7. The summed E-state index contributed by atoms with van der Waals surface area (Å²) in [5, 5.41) is 17.9. The normalized spacial score (nSPS) is 24.3. The summed E-state index contributed by atoms with van der Waals surface area (Å²) in [5.74, 6) is -4.35. The van der Waals surface area contributed by atoms with E-state index in [1.807, 2.05) is 0 Å². The molecule has 4 rings (SSSR count). The van der Waals surface area contributed by atoms with Crippen molar-refractivity contribution in [2.75, 3.05) is 19.0 Å². The van der Waals surface area contributed by atoms with Gasteiger partial charge >= 0.3 is 6.09 Å². The lowest BCUT2D eigenvalue weighted by molar-refractivity contribution is -0.125. The van der Waals surface area contributed by atoms with Crippen LogP contribution in [-0.4, -0.2) is 62.0 Å². The second kappa shape index (κ2) is 11.9. The highest BCUT2D eigenvalue weighted by atomic mass is 35.5. The van der Waals surface area contributed by atoms with E-state index in [1.165, 1.54) is 32.2 Å². The fourth-order valence-corrected chi connectivity index (χ4v) is 8.06. The number of carbonyl (C=O) groups excluding carboxylic acids is 3. The van der Waals surface area contributed by atoms with Crippen molar-refractivity contribution in [2.45, 2.75) is 54.4 Å². The Bertz CT molecular complexity index is 1460. The van der Waals surface area contributed by atoms with Gasteiger partial charge < -0.3 is 25.8 Å². The lowest BCUT2D eigenvalue weighted by Gasteiger charge is -2.42. The molecule has 0 aromatic heterocycles. The second-order valence-corrected chi connectivity index (χ2v) is 13.0. The zero-order valence-electron chi connectivity index (χ0n) is 22.2. The van der Waals surface area contributed by atoms with Gasteiger partial charge in [-0.15, -0.1) is 0 Å².